The van der Waals surface area contributed by atoms with E-state index in [1.54, 1.807) is 0 Å². The van der Waals surface area contributed by atoms with Gasteiger partial charge in [-0.1, -0.05) is 286 Å². The Labute approximate surface area is 623 Å². The van der Waals surface area contributed by atoms with Gasteiger partial charge in [0.1, 0.15) is 0 Å². The van der Waals surface area contributed by atoms with Crippen LogP contribution >= 0.6 is 95.6 Å². The van der Waals surface area contributed by atoms with E-state index in [-0.39, 0.29) is 6.04 Å². The normalized spacial score (nSPS) is 23.3. The summed E-state index contributed by atoms with van der Waals surface area (Å²) in [5.74, 6) is 0. The van der Waals surface area contributed by atoms with Crippen molar-refractivity contribution in [3.63, 3.8) is 0 Å². The van der Waals surface area contributed by atoms with Gasteiger partial charge in [-0.3, -0.25) is 29.4 Å². The van der Waals surface area contributed by atoms with Crippen molar-refractivity contribution in [1.82, 2.24) is 29.4 Å². The zero-order valence-electron chi connectivity index (χ0n) is 55.1. The summed E-state index contributed by atoms with van der Waals surface area (Å²) in [5, 5.41) is 0. The van der Waals surface area contributed by atoms with Crippen molar-refractivity contribution in [3.8, 4) is 0 Å². The summed E-state index contributed by atoms with van der Waals surface area (Å²) in [6.07, 6.45) is 26.8. The summed E-state index contributed by atoms with van der Waals surface area (Å²) < 4.78 is 6.71. The third-order valence-electron chi connectivity index (χ3n) is 21.1. The highest BCUT2D eigenvalue weighted by molar-refractivity contribution is 9.11. The zero-order valence-corrected chi connectivity index (χ0v) is 64.6. The molecule has 0 amide bonds. The van der Waals surface area contributed by atoms with Crippen LogP contribution in [-0.4, -0.2) is 78.2 Å². The van der Waals surface area contributed by atoms with Crippen LogP contribution in [0, 0.1) is 0 Å². The van der Waals surface area contributed by atoms with Gasteiger partial charge < -0.3 is 0 Å². The van der Waals surface area contributed by atoms with Gasteiger partial charge in [0.15, 0.2) is 0 Å². The van der Waals surface area contributed by atoms with Crippen LogP contribution in [0.4, 0.5) is 0 Å². The maximum atomic E-state index is 3.79. The van der Waals surface area contributed by atoms with Crippen LogP contribution in [0.1, 0.15) is 133 Å². The van der Waals surface area contributed by atoms with Gasteiger partial charge in [0.25, 0.3) is 0 Å². The van der Waals surface area contributed by atoms with Gasteiger partial charge in [-0.25, -0.2) is 0 Å². The predicted octanol–water partition coefficient (Wildman–Crippen LogP) is 22.3. The second kappa shape index (κ2) is 34.3. The Morgan fingerprint density at radius 2 is 0.500 bits per heavy atom. The number of rotatable bonds is 12. The molecule has 0 saturated heterocycles. The molecule has 3 saturated carbocycles. The molecule has 8 aromatic carbocycles. The molecule has 4 aliphatic carbocycles. The van der Waals surface area contributed by atoms with E-state index in [9.17, 15) is 0 Å². The fourth-order valence-corrected chi connectivity index (χ4v) is 17.8. The van der Waals surface area contributed by atoms with Gasteiger partial charge >= 0.3 is 0 Å². The van der Waals surface area contributed by atoms with Gasteiger partial charge in [-0.05, 0) is 173 Å². The number of hydrogen-bond donors (Lipinski definition) is 0. The quantitative estimate of drug-likeness (QED) is 0.121. The lowest BCUT2D eigenvalue weighted by molar-refractivity contribution is 0.0282. The second-order valence-electron chi connectivity index (χ2n) is 27.8. The maximum Gasteiger partial charge on any atom is 0.0475 e. The number of halogens is 6. The van der Waals surface area contributed by atoms with E-state index in [1.165, 1.54) is 113 Å². The summed E-state index contributed by atoms with van der Waals surface area (Å²) >= 11 is 22.7. The molecular weight excluding hydrogens is 1570 g/mol. The van der Waals surface area contributed by atoms with E-state index < -0.39 is 0 Å². The average Bonchev–Trinajstić information content (AvgIpc) is 1.47. The van der Waals surface area contributed by atoms with Crippen molar-refractivity contribution in [1.29, 1.82) is 0 Å². The molecule has 96 heavy (non-hydrogen) atoms. The van der Waals surface area contributed by atoms with E-state index in [4.69, 9.17) is 0 Å². The molecule has 7 aliphatic rings. The second-order valence-corrected chi connectivity index (χ2v) is 33.3. The fraction of sp³-hybridized carbons (Fsp3) is 0.357. The first-order valence-electron chi connectivity index (χ1n) is 35.1. The van der Waals surface area contributed by atoms with Crippen molar-refractivity contribution < 1.29 is 0 Å². The third-order valence-corrected chi connectivity index (χ3v) is 24.3. The van der Waals surface area contributed by atoms with Crippen LogP contribution in [0.25, 0.3) is 0 Å². The highest BCUT2D eigenvalue weighted by Gasteiger charge is 2.39. The van der Waals surface area contributed by atoms with Crippen molar-refractivity contribution in [2.45, 2.75) is 185 Å². The largest absolute Gasteiger partial charge is 0.290 e. The Balaban J connectivity index is 0.919. The van der Waals surface area contributed by atoms with Crippen molar-refractivity contribution in [2.75, 3.05) is 6.54 Å². The standard InChI is InChI=1S/C84H90Br6N6/c85-72-37-24-66(25-38-72)55-91-50-61-8-7-9-78(49-36-61)96(60-71-34-47-77(90)48-35-71)84-15-6-5-14-83(84)95(59-70-32-45-76(89)46-33-70)54-65-22-20-64(21-23-65)53-94(58-69-30-43-75(88)44-31-69)82-13-4-3-12-81(82)93(57-68-28-41-74(87)42-29-68)52-63-18-16-62(17-19-63)51-92(80-11-2-1-10-79(80)91)56-67-26-39-73(86)40-27-67/h7-9,16-49,78-84H,1-6,10-15,50-60H2/t78?,79-,80-,81-,82-,83-,84-/m1/s1. The summed E-state index contributed by atoms with van der Waals surface area (Å²) in [7, 11) is 0. The van der Waals surface area contributed by atoms with E-state index in [2.05, 4.69) is 349 Å². The topological polar surface area (TPSA) is 19.4 Å². The van der Waals surface area contributed by atoms with Crippen LogP contribution in [0.2, 0.25) is 0 Å². The smallest absolute Gasteiger partial charge is 0.0475 e. The first-order chi connectivity index (χ1) is 46.9. The van der Waals surface area contributed by atoms with Crippen molar-refractivity contribution in [2.24, 2.45) is 0 Å². The lowest BCUT2D eigenvalue weighted by Gasteiger charge is -2.47. The monoisotopic (exact) mass is 1660 g/mol. The molecule has 7 atom stereocenters. The van der Waals surface area contributed by atoms with Crippen molar-refractivity contribution >= 4 is 95.6 Å². The van der Waals surface area contributed by atoms with Crippen LogP contribution in [0.15, 0.2) is 257 Å². The molecule has 6 bridgehead atoms. The average molecular weight is 1660 g/mol. The summed E-state index contributed by atoms with van der Waals surface area (Å²) in [5.41, 5.74) is 15.0. The lowest BCUT2D eigenvalue weighted by Crippen LogP contribution is -2.55. The number of benzene rings is 8. The molecule has 0 aromatic heterocycles. The minimum Gasteiger partial charge on any atom is -0.290 e. The van der Waals surface area contributed by atoms with Gasteiger partial charge in [0.05, 0.1) is 0 Å². The molecule has 8 aromatic rings. The molecule has 12 heteroatoms. The number of nitrogens with zero attached hydrogens (tertiary/aromatic N) is 6. The highest BCUT2D eigenvalue weighted by atomic mass is 79.9. The first kappa shape index (κ1) is 70.1. The molecule has 15 rings (SSSR count). The lowest BCUT2D eigenvalue weighted by atomic mass is 9.86. The van der Waals surface area contributed by atoms with E-state index >= 15 is 0 Å². The van der Waals surface area contributed by atoms with Crippen LogP contribution in [0.3, 0.4) is 0 Å². The van der Waals surface area contributed by atoms with E-state index in [0.717, 1.165) is 125 Å². The Bertz CT molecular complexity index is 3840. The number of fused-ring (bicyclic) bond motifs is 2. The molecule has 0 radical (unpaired) electrons. The Morgan fingerprint density at radius 3 is 0.781 bits per heavy atom. The Hall–Kier alpha value is -4.38. The van der Waals surface area contributed by atoms with Crippen LogP contribution in [-0.2, 0) is 65.4 Å². The fourth-order valence-electron chi connectivity index (χ4n) is 16.2. The summed E-state index contributed by atoms with van der Waals surface area (Å²) in [4.78, 5) is 17.2. The summed E-state index contributed by atoms with van der Waals surface area (Å²) in [6, 6.07) is 76.6. The molecule has 0 spiro atoms. The molecule has 3 heterocycles. The van der Waals surface area contributed by atoms with Gasteiger partial charge in [-0.2, -0.15) is 0 Å². The molecule has 0 N–H and O–H groups in total. The molecule has 1 unspecified atom stereocenters. The zero-order chi connectivity index (χ0) is 65.7. The predicted molar refractivity (Wildman–Crippen MR) is 419 cm³/mol. The van der Waals surface area contributed by atoms with E-state index in [1.807, 2.05) is 0 Å². The Kier molecular flexibility index (Phi) is 25.1. The van der Waals surface area contributed by atoms with Gasteiger partial charge in [0, 0.05) is 141 Å². The van der Waals surface area contributed by atoms with Crippen molar-refractivity contribution in [3.05, 3.63) is 313 Å². The molecule has 498 valence electrons. The maximum absolute atomic E-state index is 3.79. The Morgan fingerprint density at radius 1 is 0.260 bits per heavy atom. The van der Waals surface area contributed by atoms with Gasteiger partial charge in [0.2, 0.25) is 0 Å². The summed E-state index contributed by atoms with van der Waals surface area (Å²) in [6.45, 7) is 9.69. The SMILES string of the molecule is Brc1ccc(CN2CC3=CC=CC(C=C3)N(Cc3ccc(Br)cc3)[C@@H]3CCCC[C@H]3N(Cc3ccc(Br)cc3)Cc3ccc(cc3)CN(Cc3ccc(Br)cc3)[C@@H]3CCCC[C@H]3N(Cc3ccc(Br)cc3)Cc3ccc(cc3)CN(Cc3ccc(Br)cc3)[C@@H]3CCCC[C@H]32)cc1. The van der Waals surface area contributed by atoms with Crippen LogP contribution < -0.4 is 0 Å². The van der Waals surface area contributed by atoms with Gasteiger partial charge in [-0.15, -0.1) is 0 Å². The minimum absolute atomic E-state index is 0.102. The molecular formula is C84H90Br6N6. The van der Waals surface area contributed by atoms with E-state index in [0.29, 0.717) is 36.3 Å². The third kappa shape index (κ3) is 19.2. The number of hydrogen-bond acceptors (Lipinski definition) is 6. The minimum atomic E-state index is 0.102. The number of allylic oxidation sites excluding steroid dienone is 2. The molecule has 3 fully saturated rings. The molecule has 3 aliphatic heterocycles. The highest BCUT2D eigenvalue weighted by Crippen LogP contribution is 2.38. The van der Waals surface area contributed by atoms with Crippen LogP contribution in [0.5, 0.6) is 0 Å². The first-order valence-corrected chi connectivity index (χ1v) is 39.8. The molecule has 6 nitrogen and oxygen atoms in total.